The van der Waals surface area contributed by atoms with Gasteiger partial charge in [0.05, 0.1) is 22.1 Å². The van der Waals surface area contributed by atoms with E-state index in [4.69, 9.17) is 11.6 Å². The van der Waals surface area contributed by atoms with Gasteiger partial charge in [0.1, 0.15) is 0 Å². The Hall–Kier alpha value is 0.410. The van der Waals surface area contributed by atoms with Crippen LogP contribution in [0.3, 0.4) is 0 Å². The van der Waals surface area contributed by atoms with Crippen LogP contribution in [0.2, 0.25) is 0 Å². The van der Waals surface area contributed by atoms with Gasteiger partial charge in [-0.25, -0.2) is 4.39 Å². The molecule has 0 aliphatic heterocycles. The molecule has 0 fully saturated rings. The highest BCUT2D eigenvalue weighted by Crippen LogP contribution is 2.27. The molecule has 0 aliphatic carbocycles. The summed E-state index contributed by atoms with van der Waals surface area (Å²) in [6, 6.07) is 3.42. The number of halogens is 4. The number of aliphatic hydroxyl groups is 1. The fourth-order valence-corrected chi connectivity index (χ4v) is 2.01. The molecule has 2 nitrogen and oxygen atoms in total. The molecule has 1 rings (SSSR count). The Morgan fingerprint density at radius 1 is 1.60 bits per heavy atom. The van der Waals surface area contributed by atoms with Gasteiger partial charge in [-0.3, -0.25) is 0 Å². The van der Waals surface area contributed by atoms with E-state index in [1.807, 2.05) is 22.6 Å². The maximum absolute atomic E-state index is 13.6. The first-order valence-electron chi connectivity index (χ1n) is 4.17. The summed E-state index contributed by atoms with van der Waals surface area (Å²) in [6.45, 7) is 0.229. The van der Waals surface area contributed by atoms with Crippen LogP contribution < -0.4 is 5.32 Å². The van der Waals surface area contributed by atoms with Gasteiger partial charge < -0.3 is 10.4 Å². The number of anilines is 1. The van der Waals surface area contributed by atoms with Crippen molar-refractivity contribution in [3.63, 3.8) is 0 Å². The quantitative estimate of drug-likeness (QED) is 0.456. The fraction of sp³-hybridized carbons (Fsp3) is 0.333. The molecule has 0 heterocycles. The molecule has 0 bridgehead atoms. The molecule has 0 aliphatic rings. The summed E-state index contributed by atoms with van der Waals surface area (Å²) in [5, 5.41) is 12.1. The first kappa shape index (κ1) is 13.5. The van der Waals surface area contributed by atoms with Crippen molar-refractivity contribution in [1.82, 2.24) is 0 Å². The number of alkyl halides is 1. The molecule has 0 spiro atoms. The highest BCUT2D eigenvalue weighted by molar-refractivity contribution is 14.1. The van der Waals surface area contributed by atoms with Crippen LogP contribution in [-0.2, 0) is 0 Å². The molecule has 2 N–H and O–H groups in total. The van der Waals surface area contributed by atoms with Crippen molar-refractivity contribution in [2.45, 2.75) is 6.10 Å². The van der Waals surface area contributed by atoms with E-state index in [1.54, 1.807) is 12.1 Å². The molecule has 1 unspecified atom stereocenters. The van der Waals surface area contributed by atoms with Gasteiger partial charge >= 0.3 is 0 Å². The zero-order valence-corrected chi connectivity index (χ0v) is 12.1. The molecule has 84 valence electrons. The minimum absolute atomic E-state index is 0.124. The van der Waals surface area contributed by atoms with E-state index in [0.29, 0.717) is 10.2 Å². The van der Waals surface area contributed by atoms with Crippen LogP contribution in [-0.4, -0.2) is 23.6 Å². The lowest BCUT2D eigenvalue weighted by Crippen LogP contribution is -2.21. The van der Waals surface area contributed by atoms with Crippen molar-refractivity contribution >= 4 is 55.8 Å². The number of aliphatic hydroxyl groups excluding tert-OH is 1. The summed E-state index contributed by atoms with van der Waals surface area (Å²) in [7, 11) is 0. The first-order chi connectivity index (χ1) is 7.06. The van der Waals surface area contributed by atoms with Gasteiger partial charge in [-0.15, -0.1) is 11.6 Å². The fourth-order valence-electron chi connectivity index (χ4n) is 0.964. The minimum atomic E-state index is -0.680. The van der Waals surface area contributed by atoms with Crippen molar-refractivity contribution in [1.29, 1.82) is 0 Å². The summed E-state index contributed by atoms with van der Waals surface area (Å²) in [6.07, 6.45) is -0.680. The van der Waals surface area contributed by atoms with Crippen LogP contribution in [0.1, 0.15) is 0 Å². The number of hydrogen-bond acceptors (Lipinski definition) is 2. The zero-order chi connectivity index (χ0) is 11.4. The Bertz CT molecular complexity index is 353. The van der Waals surface area contributed by atoms with E-state index in [-0.39, 0.29) is 18.2 Å². The van der Waals surface area contributed by atoms with Gasteiger partial charge in [-0.1, -0.05) is 0 Å². The van der Waals surface area contributed by atoms with Crippen molar-refractivity contribution in [2.75, 3.05) is 17.7 Å². The molecule has 0 saturated heterocycles. The maximum Gasteiger partial charge on any atom is 0.161 e. The van der Waals surface area contributed by atoms with Gasteiger partial charge in [-0.05, 0) is 50.7 Å². The molecule has 1 aromatic carbocycles. The maximum atomic E-state index is 13.6. The van der Waals surface area contributed by atoms with Crippen LogP contribution in [0, 0.1) is 9.39 Å². The van der Waals surface area contributed by atoms with E-state index >= 15 is 0 Å². The van der Waals surface area contributed by atoms with Crippen LogP contribution in [0.5, 0.6) is 0 Å². The largest absolute Gasteiger partial charge is 0.390 e. The first-order valence-corrected chi connectivity index (χ1v) is 6.58. The predicted molar refractivity (Wildman–Crippen MR) is 72.0 cm³/mol. The molecule has 1 aromatic rings. The number of rotatable bonds is 4. The van der Waals surface area contributed by atoms with Gasteiger partial charge in [0.2, 0.25) is 0 Å². The smallest absolute Gasteiger partial charge is 0.161 e. The molecule has 0 saturated carbocycles. The average molecular weight is 408 g/mol. The molecule has 1 atom stereocenters. The second-order valence-corrected chi connectivity index (χ2v) is 5.23. The van der Waals surface area contributed by atoms with E-state index < -0.39 is 6.10 Å². The Kier molecular flexibility index (Phi) is 5.59. The Morgan fingerprint density at radius 3 is 2.87 bits per heavy atom. The summed E-state index contributed by atoms with van der Waals surface area (Å²) in [5.74, 6) is -0.234. The van der Waals surface area contributed by atoms with Crippen molar-refractivity contribution in [2.24, 2.45) is 0 Å². The number of nitrogens with one attached hydrogen (secondary N) is 1. The summed E-state index contributed by atoms with van der Waals surface area (Å²) in [5.41, 5.74) is 0.383. The second kappa shape index (κ2) is 6.22. The normalized spacial score (nSPS) is 12.6. The van der Waals surface area contributed by atoms with Gasteiger partial charge in [0, 0.05) is 10.1 Å². The standard InChI is InChI=1S/C9H9BrClFINO/c10-6-1-2-7(13)9(8(6)12)14-4-5(15)3-11/h1-2,5,14-15H,3-4H2. The van der Waals surface area contributed by atoms with Crippen LogP contribution in [0.4, 0.5) is 10.1 Å². The third-order valence-electron chi connectivity index (χ3n) is 1.74. The summed E-state index contributed by atoms with van der Waals surface area (Å²) >= 11 is 10.6. The highest BCUT2D eigenvalue weighted by atomic mass is 127. The Morgan fingerprint density at radius 2 is 2.27 bits per heavy atom. The highest BCUT2D eigenvalue weighted by Gasteiger charge is 2.11. The predicted octanol–water partition coefficient (Wildman–Crippen LogP) is 3.20. The van der Waals surface area contributed by atoms with Crippen molar-refractivity contribution in [3.05, 3.63) is 26.0 Å². The van der Waals surface area contributed by atoms with Gasteiger partial charge in [-0.2, -0.15) is 0 Å². The minimum Gasteiger partial charge on any atom is -0.390 e. The number of hydrogen-bond donors (Lipinski definition) is 2. The van der Waals surface area contributed by atoms with E-state index in [0.717, 1.165) is 3.57 Å². The van der Waals surface area contributed by atoms with Crippen LogP contribution >= 0.6 is 50.1 Å². The molecule has 6 heteroatoms. The lowest BCUT2D eigenvalue weighted by atomic mass is 10.3. The zero-order valence-electron chi connectivity index (χ0n) is 7.61. The summed E-state index contributed by atoms with van der Waals surface area (Å²) in [4.78, 5) is 0. The molecule has 15 heavy (non-hydrogen) atoms. The van der Waals surface area contributed by atoms with E-state index in [2.05, 4.69) is 21.2 Å². The number of benzene rings is 1. The summed E-state index contributed by atoms with van der Waals surface area (Å²) < 4.78 is 14.7. The Balaban J connectivity index is 2.80. The Labute approximate surface area is 114 Å². The van der Waals surface area contributed by atoms with Crippen molar-refractivity contribution < 1.29 is 9.50 Å². The molecule has 0 aromatic heterocycles. The topological polar surface area (TPSA) is 32.3 Å². The van der Waals surface area contributed by atoms with Crippen LogP contribution in [0.15, 0.2) is 16.6 Å². The SMILES string of the molecule is OC(CCl)CNc1c(I)ccc(Br)c1F. The van der Waals surface area contributed by atoms with Gasteiger partial charge in [0.15, 0.2) is 5.82 Å². The van der Waals surface area contributed by atoms with Crippen LogP contribution in [0.25, 0.3) is 0 Å². The van der Waals surface area contributed by atoms with E-state index in [1.165, 1.54) is 0 Å². The molecule has 0 radical (unpaired) electrons. The molecular weight excluding hydrogens is 399 g/mol. The average Bonchev–Trinajstić information content (AvgIpc) is 2.23. The molecule has 0 amide bonds. The van der Waals surface area contributed by atoms with Crippen molar-refractivity contribution in [3.8, 4) is 0 Å². The van der Waals surface area contributed by atoms with E-state index in [9.17, 15) is 9.50 Å². The third-order valence-corrected chi connectivity index (χ3v) is 3.60. The third kappa shape index (κ3) is 3.72. The lowest BCUT2D eigenvalue weighted by molar-refractivity contribution is 0.211. The second-order valence-electron chi connectivity index (χ2n) is 2.91. The van der Waals surface area contributed by atoms with Gasteiger partial charge in [0.25, 0.3) is 0 Å². The monoisotopic (exact) mass is 407 g/mol. The lowest BCUT2D eigenvalue weighted by Gasteiger charge is -2.13. The molecular formula is C9H9BrClFINO.